The lowest BCUT2D eigenvalue weighted by Crippen LogP contribution is -2.13. The van der Waals surface area contributed by atoms with E-state index in [2.05, 4.69) is 15.5 Å². The van der Waals surface area contributed by atoms with Gasteiger partial charge < -0.3 is 0 Å². The fourth-order valence-electron chi connectivity index (χ4n) is 1.81. The zero-order chi connectivity index (χ0) is 15.5. The number of carbonyl (C=O) groups excluding carboxylic acids is 1. The van der Waals surface area contributed by atoms with Gasteiger partial charge in [0.1, 0.15) is 10.8 Å². The Labute approximate surface area is 134 Å². The molecule has 3 rings (SSSR count). The highest BCUT2D eigenvalue weighted by Gasteiger charge is 2.15. The summed E-state index contributed by atoms with van der Waals surface area (Å²) in [6.45, 7) is 0. The van der Waals surface area contributed by atoms with E-state index in [1.54, 1.807) is 0 Å². The number of nitrogens with zero attached hydrogens (tertiary/aromatic N) is 2. The number of aromatic nitrogens is 2. The predicted octanol–water partition coefficient (Wildman–Crippen LogP) is 4.25. The van der Waals surface area contributed by atoms with E-state index >= 15 is 0 Å². The van der Waals surface area contributed by atoms with Gasteiger partial charge >= 0.3 is 0 Å². The second-order valence-electron chi connectivity index (χ2n) is 4.36. The number of nitrogens with one attached hydrogen (secondary N) is 1. The molecule has 1 N–H and O–H groups in total. The van der Waals surface area contributed by atoms with Gasteiger partial charge in [-0.25, -0.2) is 4.39 Å². The molecule has 1 heterocycles. The summed E-state index contributed by atoms with van der Waals surface area (Å²) in [5, 5.41) is 11.6. The molecular formula is C15H9ClFN3OS. The molecule has 0 spiro atoms. The maximum Gasteiger partial charge on any atom is 0.260 e. The molecule has 0 saturated heterocycles. The van der Waals surface area contributed by atoms with Gasteiger partial charge in [0.25, 0.3) is 5.91 Å². The first-order valence-electron chi connectivity index (χ1n) is 6.29. The van der Waals surface area contributed by atoms with Crippen LogP contribution in [0.5, 0.6) is 0 Å². The van der Waals surface area contributed by atoms with Gasteiger partial charge in [0, 0.05) is 10.6 Å². The first kappa shape index (κ1) is 14.6. The van der Waals surface area contributed by atoms with Gasteiger partial charge in [-0.2, -0.15) is 0 Å². The molecule has 0 aliphatic rings. The van der Waals surface area contributed by atoms with Crippen molar-refractivity contribution in [2.75, 3.05) is 5.32 Å². The van der Waals surface area contributed by atoms with Gasteiger partial charge in [-0.15, -0.1) is 10.2 Å². The Balaban J connectivity index is 1.79. The van der Waals surface area contributed by atoms with E-state index < -0.39 is 11.7 Å². The van der Waals surface area contributed by atoms with Crippen molar-refractivity contribution in [1.82, 2.24) is 10.2 Å². The maximum atomic E-state index is 13.7. The minimum Gasteiger partial charge on any atom is -0.296 e. The van der Waals surface area contributed by atoms with Gasteiger partial charge in [-0.05, 0) is 18.2 Å². The van der Waals surface area contributed by atoms with Crippen molar-refractivity contribution in [3.63, 3.8) is 0 Å². The standard InChI is InChI=1S/C15H9ClFN3OS/c16-10-6-7-11(12(17)8-10)13(21)18-15-20-19-14(22-15)9-4-2-1-3-5-9/h1-8H,(H,18,20,21). The number of carbonyl (C=O) groups is 1. The van der Waals surface area contributed by atoms with Gasteiger partial charge in [-0.1, -0.05) is 53.3 Å². The molecule has 1 amide bonds. The van der Waals surface area contributed by atoms with Crippen molar-refractivity contribution in [1.29, 1.82) is 0 Å². The van der Waals surface area contributed by atoms with Crippen LogP contribution in [0.15, 0.2) is 48.5 Å². The van der Waals surface area contributed by atoms with Crippen LogP contribution < -0.4 is 5.32 Å². The molecule has 0 radical (unpaired) electrons. The molecule has 0 aliphatic heterocycles. The number of halogens is 2. The molecular weight excluding hydrogens is 325 g/mol. The smallest absolute Gasteiger partial charge is 0.260 e. The lowest BCUT2D eigenvalue weighted by atomic mass is 10.2. The summed E-state index contributed by atoms with van der Waals surface area (Å²) in [5.74, 6) is -1.28. The summed E-state index contributed by atoms with van der Waals surface area (Å²) in [7, 11) is 0. The third-order valence-corrected chi connectivity index (χ3v) is 3.96. The van der Waals surface area contributed by atoms with E-state index in [1.807, 2.05) is 30.3 Å². The summed E-state index contributed by atoms with van der Waals surface area (Å²) in [6, 6.07) is 13.3. The van der Waals surface area contributed by atoms with Crippen LogP contribution in [0, 0.1) is 5.82 Å². The Morgan fingerprint density at radius 3 is 2.64 bits per heavy atom. The van der Waals surface area contributed by atoms with E-state index in [0.717, 1.165) is 11.6 Å². The first-order chi connectivity index (χ1) is 10.6. The van der Waals surface area contributed by atoms with E-state index in [-0.39, 0.29) is 10.6 Å². The fourth-order valence-corrected chi connectivity index (χ4v) is 2.71. The molecule has 2 aromatic carbocycles. The fraction of sp³-hybridized carbons (Fsp3) is 0. The Hall–Kier alpha value is -2.31. The summed E-state index contributed by atoms with van der Waals surface area (Å²) in [4.78, 5) is 12.0. The Morgan fingerprint density at radius 2 is 1.91 bits per heavy atom. The van der Waals surface area contributed by atoms with Crippen LogP contribution in [0.1, 0.15) is 10.4 Å². The molecule has 110 valence electrons. The van der Waals surface area contributed by atoms with Gasteiger partial charge in [-0.3, -0.25) is 10.1 Å². The average Bonchev–Trinajstić information content (AvgIpc) is 2.96. The van der Waals surface area contributed by atoms with Crippen LogP contribution in [0.2, 0.25) is 5.02 Å². The highest BCUT2D eigenvalue weighted by molar-refractivity contribution is 7.18. The molecule has 0 unspecified atom stereocenters. The zero-order valence-corrected chi connectivity index (χ0v) is 12.7. The van der Waals surface area contributed by atoms with E-state index in [0.29, 0.717) is 10.1 Å². The molecule has 22 heavy (non-hydrogen) atoms. The van der Waals surface area contributed by atoms with Crippen LogP contribution in [-0.2, 0) is 0 Å². The van der Waals surface area contributed by atoms with Crippen LogP contribution in [0.25, 0.3) is 10.6 Å². The SMILES string of the molecule is O=C(Nc1nnc(-c2ccccc2)s1)c1ccc(Cl)cc1F. The van der Waals surface area contributed by atoms with Gasteiger partial charge in [0.05, 0.1) is 5.56 Å². The summed E-state index contributed by atoms with van der Waals surface area (Å²) in [6.07, 6.45) is 0. The molecule has 7 heteroatoms. The quantitative estimate of drug-likeness (QED) is 0.779. The van der Waals surface area contributed by atoms with Crippen molar-refractivity contribution in [2.24, 2.45) is 0 Å². The van der Waals surface area contributed by atoms with Crippen LogP contribution >= 0.6 is 22.9 Å². The Kier molecular flexibility index (Phi) is 4.13. The molecule has 4 nitrogen and oxygen atoms in total. The third kappa shape index (κ3) is 3.13. The lowest BCUT2D eigenvalue weighted by Gasteiger charge is -2.02. The number of amides is 1. The molecule has 1 aromatic heterocycles. The van der Waals surface area contributed by atoms with Crippen LogP contribution in [0.3, 0.4) is 0 Å². The molecule has 3 aromatic rings. The van der Waals surface area contributed by atoms with E-state index in [4.69, 9.17) is 11.6 Å². The predicted molar refractivity (Wildman–Crippen MR) is 84.7 cm³/mol. The lowest BCUT2D eigenvalue weighted by molar-refractivity contribution is 0.102. The summed E-state index contributed by atoms with van der Waals surface area (Å²) < 4.78 is 13.7. The number of rotatable bonds is 3. The van der Waals surface area contributed by atoms with Crippen molar-refractivity contribution in [3.05, 3.63) is 64.9 Å². The summed E-state index contributed by atoms with van der Waals surface area (Å²) in [5.41, 5.74) is 0.805. The highest BCUT2D eigenvalue weighted by atomic mass is 35.5. The van der Waals surface area contributed by atoms with Crippen molar-refractivity contribution in [2.45, 2.75) is 0 Å². The van der Waals surface area contributed by atoms with Crippen molar-refractivity contribution in [3.8, 4) is 10.6 Å². The zero-order valence-electron chi connectivity index (χ0n) is 11.1. The first-order valence-corrected chi connectivity index (χ1v) is 7.48. The Bertz CT molecular complexity index is 823. The Morgan fingerprint density at radius 1 is 1.14 bits per heavy atom. The van der Waals surface area contributed by atoms with E-state index in [1.165, 1.54) is 23.5 Å². The van der Waals surface area contributed by atoms with Crippen LogP contribution in [0.4, 0.5) is 9.52 Å². The third-order valence-electron chi connectivity index (χ3n) is 2.84. The second kappa shape index (κ2) is 6.21. The molecule has 0 saturated carbocycles. The van der Waals surface area contributed by atoms with E-state index in [9.17, 15) is 9.18 Å². The topological polar surface area (TPSA) is 54.9 Å². The molecule has 0 bridgehead atoms. The van der Waals surface area contributed by atoms with Crippen molar-refractivity contribution < 1.29 is 9.18 Å². The van der Waals surface area contributed by atoms with Crippen molar-refractivity contribution >= 4 is 34.0 Å². The molecule has 0 atom stereocenters. The highest BCUT2D eigenvalue weighted by Crippen LogP contribution is 2.26. The normalized spacial score (nSPS) is 10.5. The minimum absolute atomic E-state index is 0.0964. The number of anilines is 1. The molecule has 0 fully saturated rings. The summed E-state index contributed by atoms with van der Waals surface area (Å²) >= 11 is 6.88. The second-order valence-corrected chi connectivity index (χ2v) is 5.77. The maximum absolute atomic E-state index is 13.7. The van der Waals surface area contributed by atoms with Gasteiger partial charge in [0.2, 0.25) is 5.13 Å². The largest absolute Gasteiger partial charge is 0.296 e. The monoisotopic (exact) mass is 333 g/mol. The number of benzene rings is 2. The van der Waals surface area contributed by atoms with Gasteiger partial charge in [0.15, 0.2) is 0 Å². The number of hydrogen-bond donors (Lipinski definition) is 1. The average molecular weight is 334 g/mol. The van der Waals surface area contributed by atoms with Crippen LogP contribution in [-0.4, -0.2) is 16.1 Å². The molecule has 0 aliphatic carbocycles. The number of hydrogen-bond acceptors (Lipinski definition) is 4. The minimum atomic E-state index is -0.683.